The lowest BCUT2D eigenvalue weighted by Crippen LogP contribution is -2.51. The van der Waals surface area contributed by atoms with Crippen molar-refractivity contribution in [1.82, 2.24) is 14.1 Å². The number of likely N-dealkylation sites (N-methyl/N-ethyl adjacent to an activating group) is 1. The van der Waals surface area contributed by atoms with Crippen LogP contribution in [0.4, 0.5) is 4.39 Å². The molecule has 0 spiro atoms. The largest absolute Gasteiger partial charge is 0.338 e. The fraction of sp³-hybridized carbons (Fsp3) is 0.409. The molecule has 2 aromatic rings. The molecule has 1 fully saturated rings. The van der Waals surface area contributed by atoms with Gasteiger partial charge < -0.3 is 4.90 Å². The van der Waals surface area contributed by atoms with Crippen LogP contribution in [0.15, 0.2) is 54.6 Å². The van der Waals surface area contributed by atoms with E-state index in [2.05, 4.69) is 0 Å². The Labute approximate surface area is 177 Å². The van der Waals surface area contributed by atoms with E-state index in [1.165, 1.54) is 16.4 Å². The second-order valence-electron chi connectivity index (χ2n) is 7.45. The van der Waals surface area contributed by atoms with Gasteiger partial charge in [-0.3, -0.25) is 9.69 Å². The lowest BCUT2D eigenvalue weighted by molar-refractivity contribution is -0.133. The van der Waals surface area contributed by atoms with E-state index in [0.717, 1.165) is 11.1 Å². The number of nitrogens with zero attached hydrogens (tertiary/aromatic N) is 3. The normalized spacial score (nSPS) is 15.8. The number of carbonyl (C=O) groups excluding carboxylic acids is 1. The topological polar surface area (TPSA) is 60.9 Å². The minimum Gasteiger partial charge on any atom is -0.338 e. The summed E-state index contributed by atoms with van der Waals surface area (Å²) in [7, 11) is -3.38. The summed E-state index contributed by atoms with van der Waals surface area (Å²) in [6, 6.07) is 15.4. The molecule has 0 bridgehead atoms. The number of carbonyl (C=O) groups is 1. The Morgan fingerprint density at radius 2 is 1.67 bits per heavy atom. The minimum absolute atomic E-state index is 0.00990. The first kappa shape index (κ1) is 22.4. The zero-order valence-electron chi connectivity index (χ0n) is 17.2. The molecule has 0 aromatic heterocycles. The molecule has 0 unspecified atom stereocenters. The molecule has 30 heavy (non-hydrogen) atoms. The molecule has 1 heterocycles. The average Bonchev–Trinajstić information content (AvgIpc) is 2.73. The van der Waals surface area contributed by atoms with E-state index in [1.54, 1.807) is 17.0 Å². The summed E-state index contributed by atoms with van der Waals surface area (Å²) in [5.74, 6) is -0.365. The summed E-state index contributed by atoms with van der Waals surface area (Å²) >= 11 is 0. The zero-order valence-corrected chi connectivity index (χ0v) is 18.0. The van der Waals surface area contributed by atoms with Gasteiger partial charge in [0.25, 0.3) is 0 Å². The summed E-state index contributed by atoms with van der Waals surface area (Å²) in [5, 5.41) is 0. The van der Waals surface area contributed by atoms with Crippen molar-refractivity contribution in [2.75, 3.05) is 39.3 Å². The third kappa shape index (κ3) is 6.10. The van der Waals surface area contributed by atoms with Crippen LogP contribution in [-0.2, 0) is 27.1 Å². The van der Waals surface area contributed by atoms with Gasteiger partial charge in [-0.1, -0.05) is 42.5 Å². The van der Waals surface area contributed by atoms with Gasteiger partial charge >= 0.3 is 0 Å². The Bertz CT molecular complexity index is 945. The van der Waals surface area contributed by atoms with Crippen molar-refractivity contribution < 1.29 is 17.6 Å². The number of hydrogen-bond donors (Lipinski definition) is 0. The SMILES string of the molecule is CCN(Cc1cccc(F)c1)C(=O)CN1CCN(S(=O)(=O)Cc2ccccc2)CC1. The Morgan fingerprint density at radius 1 is 1.00 bits per heavy atom. The van der Waals surface area contributed by atoms with E-state index in [1.807, 2.05) is 42.2 Å². The van der Waals surface area contributed by atoms with Crippen molar-refractivity contribution in [2.24, 2.45) is 0 Å². The fourth-order valence-electron chi connectivity index (χ4n) is 3.57. The number of amides is 1. The van der Waals surface area contributed by atoms with Crippen molar-refractivity contribution in [1.29, 1.82) is 0 Å². The molecule has 6 nitrogen and oxygen atoms in total. The number of hydrogen-bond acceptors (Lipinski definition) is 4. The zero-order chi connectivity index (χ0) is 21.6. The number of piperazine rings is 1. The van der Waals surface area contributed by atoms with Gasteiger partial charge in [-0.05, 0) is 30.2 Å². The monoisotopic (exact) mass is 433 g/mol. The third-order valence-electron chi connectivity index (χ3n) is 5.27. The molecule has 3 rings (SSSR count). The molecule has 8 heteroatoms. The van der Waals surface area contributed by atoms with Gasteiger partial charge in [-0.2, -0.15) is 4.31 Å². The van der Waals surface area contributed by atoms with Crippen LogP contribution in [0.5, 0.6) is 0 Å². The van der Waals surface area contributed by atoms with Gasteiger partial charge in [0.05, 0.1) is 12.3 Å². The molecule has 0 radical (unpaired) electrons. The van der Waals surface area contributed by atoms with E-state index in [9.17, 15) is 17.6 Å². The van der Waals surface area contributed by atoms with Crippen LogP contribution < -0.4 is 0 Å². The molecule has 0 aliphatic carbocycles. The maximum atomic E-state index is 13.4. The van der Waals surface area contributed by atoms with Gasteiger partial charge in [0, 0.05) is 39.3 Å². The van der Waals surface area contributed by atoms with Gasteiger partial charge in [-0.25, -0.2) is 12.8 Å². The highest BCUT2D eigenvalue weighted by atomic mass is 32.2. The van der Waals surface area contributed by atoms with Gasteiger partial charge in [0.15, 0.2) is 0 Å². The maximum Gasteiger partial charge on any atom is 0.237 e. The van der Waals surface area contributed by atoms with E-state index in [-0.39, 0.29) is 24.0 Å². The maximum absolute atomic E-state index is 13.4. The van der Waals surface area contributed by atoms with Crippen LogP contribution in [0.2, 0.25) is 0 Å². The lowest BCUT2D eigenvalue weighted by Gasteiger charge is -2.34. The summed E-state index contributed by atoms with van der Waals surface area (Å²) < 4.78 is 40.2. The van der Waals surface area contributed by atoms with E-state index < -0.39 is 10.0 Å². The van der Waals surface area contributed by atoms with Crippen LogP contribution in [0.1, 0.15) is 18.1 Å². The van der Waals surface area contributed by atoms with Gasteiger partial charge in [0.2, 0.25) is 15.9 Å². The quantitative estimate of drug-likeness (QED) is 0.641. The van der Waals surface area contributed by atoms with Crippen LogP contribution in [0.25, 0.3) is 0 Å². The van der Waals surface area contributed by atoms with E-state index in [4.69, 9.17) is 0 Å². The highest BCUT2D eigenvalue weighted by Gasteiger charge is 2.28. The van der Waals surface area contributed by atoms with Crippen molar-refractivity contribution in [3.05, 3.63) is 71.5 Å². The number of benzene rings is 2. The number of rotatable bonds is 8. The molecule has 2 aromatic carbocycles. The smallest absolute Gasteiger partial charge is 0.237 e. The lowest BCUT2D eigenvalue weighted by atomic mass is 10.2. The van der Waals surface area contributed by atoms with Gasteiger partial charge in [0.1, 0.15) is 5.82 Å². The summed E-state index contributed by atoms with van der Waals surface area (Å²) in [6.45, 7) is 4.78. The summed E-state index contributed by atoms with van der Waals surface area (Å²) in [4.78, 5) is 16.4. The molecule has 1 amide bonds. The summed E-state index contributed by atoms with van der Waals surface area (Å²) in [5.41, 5.74) is 1.52. The van der Waals surface area contributed by atoms with Crippen molar-refractivity contribution in [3.63, 3.8) is 0 Å². The average molecular weight is 434 g/mol. The molecule has 0 N–H and O–H groups in total. The van der Waals surface area contributed by atoms with Crippen molar-refractivity contribution in [3.8, 4) is 0 Å². The molecule has 0 saturated carbocycles. The molecule has 1 aliphatic heterocycles. The van der Waals surface area contributed by atoms with Crippen LogP contribution in [0, 0.1) is 5.82 Å². The van der Waals surface area contributed by atoms with Gasteiger partial charge in [-0.15, -0.1) is 0 Å². The number of halogens is 1. The molecular formula is C22H28FN3O3S. The Morgan fingerprint density at radius 3 is 2.30 bits per heavy atom. The highest BCUT2D eigenvalue weighted by molar-refractivity contribution is 7.88. The van der Waals surface area contributed by atoms with Crippen LogP contribution in [0.3, 0.4) is 0 Å². The first-order valence-corrected chi connectivity index (χ1v) is 11.7. The van der Waals surface area contributed by atoms with E-state index >= 15 is 0 Å². The molecule has 1 aliphatic rings. The Hall–Kier alpha value is -2.29. The highest BCUT2D eigenvalue weighted by Crippen LogP contribution is 2.14. The predicted octanol–water partition coefficient (Wildman–Crippen LogP) is 2.32. The fourth-order valence-corrected chi connectivity index (χ4v) is 5.08. The second kappa shape index (κ2) is 10.1. The molecule has 162 valence electrons. The number of sulfonamides is 1. The van der Waals surface area contributed by atoms with Crippen LogP contribution in [-0.4, -0.2) is 67.7 Å². The minimum atomic E-state index is -3.38. The van der Waals surface area contributed by atoms with Crippen molar-refractivity contribution in [2.45, 2.75) is 19.2 Å². The van der Waals surface area contributed by atoms with Crippen LogP contribution >= 0.6 is 0 Å². The summed E-state index contributed by atoms with van der Waals surface area (Å²) in [6.07, 6.45) is 0. The molecule has 0 atom stereocenters. The third-order valence-corrected chi connectivity index (χ3v) is 7.12. The molecular weight excluding hydrogens is 405 g/mol. The van der Waals surface area contributed by atoms with E-state index in [0.29, 0.717) is 39.3 Å². The molecule has 1 saturated heterocycles. The predicted molar refractivity (Wildman–Crippen MR) is 115 cm³/mol. The Kier molecular flexibility index (Phi) is 7.58. The van der Waals surface area contributed by atoms with Crippen molar-refractivity contribution >= 4 is 15.9 Å². The second-order valence-corrected chi connectivity index (χ2v) is 9.42. The first-order chi connectivity index (χ1) is 14.4. The standard InChI is InChI=1S/C22H28FN3O3S/c1-2-25(16-20-9-6-10-21(23)15-20)22(27)17-24-11-13-26(14-12-24)30(28,29)18-19-7-4-3-5-8-19/h3-10,15H,2,11-14,16-18H2,1H3. The first-order valence-electron chi connectivity index (χ1n) is 10.1. The Balaban J connectivity index is 1.51.